The second-order valence-electron chi connectivity index (χ2n) is 5.15. The maximum atomic E-state index is 6.15. The first-order chi connectivity index (χ1) is 9.42. The third kappa shape index (κ3) is 4.60. The Balaban J connectivity index is 1.96. The summed E-state index contributed by atoms with van der Waals surface area (Å²) in [6.45, 7) is 3.74. The minimum absolute atomic E-state index is 0.214. The number of hydrogen-bond donors (Lipinski definition) is 1. The summed E-state index contributed by atoms with van der Waals surface area (Å²) in [6, 6.07) is 10.6. The average Bonchev–Trinajstić information content (AvgIpc) is 2.49. The Labute approximate surface area is 116 Å². The van der Waals surface area contributed by atoms with Gasteiger partial charge in [-0.05, 0) is 31.4 Å². The average molecular weight is 263 g/mol. The third-order valence-corrected chi connectivity index (χ3v) is 3.68. The summed E-state index contributed by atoms with van der Waals surface area (Å²) in [5.41, 5.74) is 1.30. The van der Waals surface area contributed by atoms with Crippen molar-refractivity contribution in [2.45, 2.75) is 25.4 Å². The zero-order chi connectivity index (χ0) is 13.3. The van der Waals surface area contributed by atoms with Crippen molar-refractivity contribution >= 4 is 0 Å². The van der Waals surface area contributed by atoms with Gasteiger partial charge in [-0.2, -0.15) is 0 Å². The fraction of sp³-hybridized carbons (Fsp3) is 0.625. The molecule has 1 unspecified atom stereocenters. The molecule has 2 atom stereocenters. The Morgan fingerprint density at radius 1 is 1.26 bits per heavy atom. The molecule has 1 aromatic rings. The summed E-state index contributed by atoms with van der Waals surface area (Å²) in [6.07, 6.45) is 3.66. The Kier molecular flexibility index (Phi) is 6.34. The summed E-state index contributed by atoms with van der Waals surface area (Å²) >= 11 is 0. The first-order valence-electron chi connectivity index (χ1n) is 7.28. The van der Waals surface area contributed by atoms with Crippen LogP contribution in [0.1, 0.15) is 30.9 Å². The minimum atomic E-state index is 0.214. The fourth-order valence-corrected chi connectivity index (χ4v) is 2.70. The molecule has 1 heterocycles. The van der Waals surface area contributed by atoms with Crippen LogP contribution in [0, 0.1) is 5.92 Å². The van der Waals surface area contributed by atoms with Gasteiger partial charge in [-0.3, -0.25) is 0 Å². The van der Waals surface area contributed by atoms with Crippen LogP contribution < -0.4 is 5.32 Å². The molecule has 1 N–H and O–H groups in total. The molecule has 1 fully saturated rings. The molecule has 19 heavy (non-hydrogen) atoms. The lowest BCUT2D eigenvalue weighted by Crippen LogP contribution is -2.34. The van der Waals surface area contributed by atoms with Gasteiger partial charge in [0.05, 0.1) is 6.10 Å². The van der Waals surface area contributed by atoms with Crippen LogP contribution in [0.15, 0.2) is 30.3 Å². The molecule has 106 valence electrons. The van der Waals surface area contributed by atoms with Crippen molar-refractivity contribution in [1.82, 2.24) is 5.32 Å². The molecule has 1 aliphatic rings. The number of methoxy groups -OCH3 is 1. The SMILES string of the molecule is COCCCO[C@@H](c1ccccc1)C1CCCNC1. The van der Waals surface area contributed by atoms with Crippen molar-refractivity contribution in [2.24, 2.45) is 5.92 Å². The molecular weight excluding hydrogens is 238 g/mol. The van der Waals surface area contributed by atoms with E-state index < -0.39 is 0 Å². The van der Waals surface area contributed by atoms with Gasteiger partial charge in [-0.15, -0.1) is 0 Å². The largest absolute Gasteiger partial charge is 0.385 e. The van der Waals surface area contributed by atoms with Gasteiger partial charge in [0.2, 0.25) is 0 Å². The predicted molar refractivity (Wildman–Crippen MR) is 77.2 cm³/mol. The van der Waals surface area contributed by atoms with Gasteiger partial charge in [0.25, 0.3) is 0 Å². The Morgan fingerprint density at radius 2 is 2.11 bits per heavy atom. The summed E-state index contributed by atoms with van der Waals surface area (Å²) < 4.78 is 11.2. The maximum absolute atomic E-state index is 6.15. The zero-order valence-electron chi connectivity index (χ0n) is 11.8. The summed E-state index contributed by atoms with van der Waals surface area (Å²) in [4.78, 5) is 0. The topological polar surface area (TPSA) is 30.5 Å². The van der Waals surface area contributed by atoms with E-state index in [0.29, 0.717) is 5.92 Å². The minimum Gasteiger partial charge on any atom is -0.385 e. The maximum Gasteiger partial charge on any atom is 0.0865 e. The highest BCUT2D eigenvalue weighted by Gasteiger charge is 2.25. The molecule has 0 spiro atoms. The second-order valence-corrected chi connectivity index (χ2v) is 5.15. The van der Waals surface area contributed by atoms with Crippen molar-refractivity contribution in [2.75, 3.05) is 33.4 Å². The normalized spacial score (nSPS) is 21.2. The molecular formula is C16H25NO2. The van der Waals surface area contributed by atoms with E-state index in [2.05, 4.69) is 35.6 Å². The molecule has 1 aliphatic heterocycles. The van der Waals surface area contributed by atoms with Gasteiger partial charge in [0.15, 0.2) is 0 Å². The molecule has 0 aromatic heterocycles. The van der Waals surface area contributed by atoms with Gasteiger partial charge in [0.1, 0.15) is 0 Å². The van der Waals surface area contributed by atoms with Crippen molar-refractivity contribution in [1.29, 1.82) is 0 Å². The van der Waals surface area contributed by atoms with E-state index in [0.717, 1.165) is 32.7 Å². The number of ether oxygens (including phenoxy) is 2. The van der Waals surface area contributed by atoms with E-state index >= 15 is 0 Å². The van der Waals surface area contributed by atoms with E-state index in [4.69, 9.17) is 9.47 Å². The Hall–Kier alpha value is -0.900. The van der Waals surface area contributed by atoms with E-state index in [1.165, 1.54) is 18.4 Å². The molecule has 2 rings (SSSR count). The van der Waals surface area contributed by atoms with Crippen molar-refractivity contribution in [3.05, 3.63) is 35.9 Å². The lowest BCUT2D eigenvalue weighted by molar-refractivity contribution is -0.00501. The smallest absolute Gasteiger partial charge is 0.0865 e. The second kappa shape index (κ2) is 8.31. The van der Waals surface area contributed by atoms with E-state index in [9.17, 15) is 0 Å². The quantitative estimate of drug-likeness (QED) is 0.767. The summed E-state index contributed by atoms with van der Waals surface area (Å²) in [5, 5.41) is 3.48. The predicted octanol–water partition coefficient (Wildman–Crippen LogP) is 2.78. The van der Waals surface area contributed by atoms with Crippen LogP contribution >= 0.6 is 0 Å². The molecule has 3 nitrogen and oxygen atoms in total. The van der Waals surface area contributed by atoms with Crippen LogP contribution in [0.3, 0.4) is 0 Å². The molecule has 0 saturated carbocycles. The monoisotopic (exact) mass is 263 g/mol. The van der Waals surface area contributed by atoms with E-state index in [1.54, 1.807) is 7.11 Å². The molecule has 0 radical (unpaired) electrons. The van der Waals surface area contributed by atoms with Gasteiger partial charge in [0, 0.05) is 32.8 Å². The van der Waals surface area contributed by atoms with Crippen LogP contribution in [0.25, 0.3) is 0 Å². The third-order valence-electron chi connectivity index (χ3n) is 3.68. The Morgan fingerprint density at radius 3 is 2.79 bits per heavy atom. The van der Waals surface area contributed by atoms with Crippen LogP contribution in [0.2, 0.25) is 0 Å². The molecule has 0 amide bonds. The number of nitrogens with one attached hydrogen (secondary N) is 1. The number of piperidine rings is 1. The highest BCUT2D eigenvalue weighted by atomic mass is 16.5. The van der Waals surface area contributed by atoms with E-state index in [-0.39, 0.29) is 6.10 Å². The van der Waals surface area contributed by atoms with Gasteiger partial charge < -0.3 is 14.8 Å². The lowest BCUT2D eigenvalue weighted by atomic mass is 9.89. The zero-order valence-corrected chi connectivity index (χ0v) is 11.8. The molecule has 0 bridgehead atoms. The molecule has 3 heteroatoms. The van der Waals surface area contributed by atoms with Crippen LogP contribution in [0.5, 0.6) is 0 Å². The van der Waals surface area contributed by atoms with Crippen LogP contribution in [0.4, 0.5) is 0 Å². The highest BCUT2D eigenvalue weighted by molar-refractivity contribution is 5.18. The number of hydrogen-bond acceptors (Lipinski definition) is 3. The summed E-state index contributed by atoms with van der Waals surface area (Å²) in [5.74, 6) is 0.582. The lowest BCUT2D eigenvalue weighted by Gasteiger charge is -2.31. The van der Waals surface area contributed by atoms with Crippen molar-refractivity contribution in [3.8, 4) is 0 Å². The first kappa shape index (κ1) is 14.5. The molecule has 1 saturated heterocycles. The van der Waals surface area contributed by atoms with Gasteiger partial charge in [-0.25, -0.2) is 0 Å². The van der Waals surface area contributed by atoms with Crippen molar-refractivity contribution < 1.29 is 9.47 Å². The first-order valence-corrected chi connectivity index (χ1v) is 7.28. The van der Waals surface area contributed by atoms with E-state index in [1.807, 2.05) is 0 Å². The van der Waals surface area contributed by atoms with Crippen molar-refractivity contribution in [3.63, 3.8) is 0 Å². The highest BCUT2D eigenvalue weighted by Crippen LogP contribution is 2.30. The van der Waals surface area contributed by atoms with Gasteiger partial charge in [-0.1, -0.05) is 30.3 Å². The Bertz CT molecular complexity index is 336. The molecule has 0 aliphatic carbocycles. The number of rotatable bonds is 7. The van der Waals surface area contributed by atoms with Crippen LogP contribution in [-0.2, 0) is 9.47 Å². The number of benzene rings is 1. The van der Waals surface area contributed by atoms with Crippen LogP contribution in [-0.4, -0.2) is 33.4 Å². The fourth-order valence-electron chi connectivity index (χ4n) is 2.70. The molecule has 1 aromatic carbocycles. The summed E-state index contributed by atoms with van der Waals surface area (Å²) in [7, 11) is 1.74. The standard InChI is InChI=1S/C16H25NO2/c1-18-11-6-12-19-16(14-7-3-2-4-8-14)15-9-5-10-17-13-15/h2-4,7-8,15-17H,5-6,9-13H2,1H3/t15?,16-/m0/s1. The van der Waals surface area contributed by atoms with Gasteiger partial charge >= 0.3 is 0 Å².